The first kappa shape index (κ1) is 28.3. The van der Waals surface area contributed by atoms with Crippen LogP contribution in [0.15, 0.2) is 42.5 Å². The van der Waals surface area contributed by atoms with Crippen LogP contribution in [-0.4, -0.2) is 32.8 Å². The number of alkyl halides is 3. The maximum atomic E-state index is 13.9. The lowest BCUT2D eigenvalue weighted by molar-refractivity contribution is -0.147. The van der Waals surface area contributed by atoms with Gasteiger partial charge in [0, 0.05) is 8.07 Å². The van der Waals surface area contributed by atoms with Gasteiger partial charge in [-0.3, -0.25) is 0 Å². The summed E-state index contributed by atoms with van der Waals surface area (Å²) >= 11 is 0. The lowest BCUT2D eigenvalue weighted by Crippen LogP contribution is -2.42. The number of alkyl carbamates (subject to hydrolysis) is 1. The molecule has 0 aromatic heterocycles. The highest BCUT2D eigenvalue weighted by molar-refractivity contribution is 6.76. The Hall–Kier alpha value is -2.95. The molecule has 0 saturated heterocycles. The minimum atomic E-state index is -5.18. The molecule has 1 unspecified atom stereocenters. The van der Waals surface area contributed by atoms with Gasteiger partial charge in [-0.1, -0.05) is 50.0 Å². The van der Waals surface area contributed by atoms with Crippen LogP contribution in [0.5, 0.6) is 0 Å². The van der Waals surface area contributed by atoms with Crippen LogP contribution < -0.4 is 5.32 Å². The number of halogens is 5. The molecule has 192 valence electrons. The maximum absolute atomic E-state index is 13.9. The highest BCUT2D eigenvalue weighted by Gasteiger charge is 2.38. The minimum absolute atomic E-state index is 0.0773. The van der Waals surface area contributed by atoms with E-state index in [0.29, 0.717) is 23.7 Å². The summed E-state index contributed by atoms with van der Waals surface area (Å²) in [6.07, 6.45) is -6.43. The number of carbonyl (C=O) groups is 2. The highest BCUT2D eigenvalue weighted by Crippen LogP contribution is 2.34. The van der Waals surface area contributed by atoms with Crippen LogP contribution in [0.2, 0.25) is 25.7 Å². The van der Waals surface area contributed by atoms with Crippen molar-refractivity contribution in [2.75, 3.05) is 6.61 Å². The van der Waals surface area contributed by atoms with E-state index < -0.39 is 49.6 Å². The Labute approximate surface area is 201 Å². The van der Waals surface area contributed by atoms with Crippen molar-refractivity contribution >= 4 is 20.1 Å². The van der Waals surface area contributed by atoms with Gasteiger partial charge < -0.3 is 14.8 Å². The van der Waals surface area contributed by atoms with E-state index in [2.05, 4.69) is 25.0 Å². The first-order valence-corrected chi connectivity index (χ1v) is 14.7. The molecule has 0 aliphatic heterocycles. The number of amides is 1. The molecule has 35 heavy (non-hydrogen) atoms. The fourth-order valence-corrected chi connectivity index (χ4v) is 3.78. The monoisotopic (exact) mass is 517 g/mol. The molecular weight excluding hydrogens is 489 g/mol. The van der Waals surface area contributed by atoms with E-state index in [4.69, 9.17) is 9.47 Å². The first-order valence-electron chi connectivity index (χ1n) is 11.0. The smallest absolute Gasteiger partial charge is 0.422 e. The van der Waals surface area contributed by atoms with Crippen LogP contribution in [0.4, 0.5) is 26.7 Å². The van der Waals surface area contributed by atoms with Gasteiger partial charge in [0.25, 0.3) is 0 Å². The van der Waals surface area contributed by atoms with E-state index in [1.165, 1.54) is 0 Å². The van der Waals surface area contributed by atoms with Gasteiger partial charge in [0.1, 0.15) is 29.8 Å². The second kappa shape index (κ2) is 12.1. The molecule has 1 amide bonds. The molecule has 0 spiro atoms. The summed E-state index contributed by atoms with van der Waals surface area (Å²) in [4.78, 5) is 24.9. The molecule has 1 N–H and O–H groups in total. The van der Waals surface area contributed by atoms with Crippen molar-refractivity contribution in [3.8, 4) is 0 Å². The zero-order valence-electron chi connectivity index (χ0n) is 19.7. The number of esters is 1. The average Bonchev–Trinajstić information content (AvgIpc) is 2.73. The molecule has 1 atom stereocenters. The van der Waals surface area contributed by atoms with Gasteiger partial charge in [-0.15, -0.1) is 0 Å². The van der Waals surface area contributed by atoms with Crippen molar-refractivity contribution in [3.05, 3.63) is 70.8 Å². The summed E-state index contributed by atoms with van der Waals surface area (Å²) in [5.74, 6) is -4.33. The molecule has 0 radical (unpaired) electrons. The summed E-state index contributed by atoms with van der Waals surface area (Å²) in [6.45, 7) is 6.37. The quantitative estimate of drug-likeness (QED) is 0.235. The van der Waals surface area contributed by atoms with Gasteiger partial charge >= 0.3 is 18.2 Å². The summed E-state index contributed by atoms with van der Waals surface area (Å²) in [6, 6.07) is 9.33. The van der Waals surface area contributed by atoms with Crippen molar-refractivity contribution in [1.82, 2.24) is 5.32 Å². The van der Waals surface area contributed by atoms with Crippen LogP contribution in [0.25, 0.3) is 0 Å². The Bertz CT molecular complexity index is 986. The summed E-state index contributed by atoms with van der Waals surface area (Å²) < 4.78 is 76.6. The first-order chi connectivity index (χ1) is 16.3. The third kappa shape index (κ3) is 9.67. The van der Waals surface area contributed by atoms with E-state index in [0.717, 1.165) is 0 Å². The maximum Gasteiger partial charge on any atom is 0.422 e. The molecule has 0 heterocycles. The second-order valence-electron chi connectivity index (χ2n) is 9.21. The predicted molar refractivity (Wildman–Crippen MR) is 122 cm³/mol. The van der Waals surface area contributed by atoms with Gasteiger partial charge in [-0.2, -0.15) is 13.2 Å². The summed E-state index contributed by atoms with van der Waals surface area (Å²) in [5.41, 5.74) is -1.39. The lowest BCUT2D eigenvalue weighted by Gasteiger charge is -2.19. The highest BCUT2D eigenvalue weighted by atomic mass is 28.3. The molecule has 2 aromatic carbocycles. The van der Waals surface area contributed by atoms with E-state index >= 15 is 0 Å². The second-order valence-corrected chi connectivity index (χ2v) is 14.8. The normalized spacial score (nSPS) is 12.7. The molecule has 0 saturated carbocycles. The average molecular weight is 518 g/mol. The molecular formula is C24H28F5NO4Si. The van der Waals surface area contributed by atoms with Crippen molar-refractivity contribution in [2.24, 2.45) is 0 Å². The predicted octanol–water partition coefficient (Wildman–Crippen LogP) is 6.09. The number of aryl methyl sites for hydroxylation is 1. The van der Waals surface area contributed by atoms with E-state index in [1.807, 2.05) is 0 Å². The largest absolute Gasteiger partial charge is 0.459 e. The van der Waals surface area contributed by atoms with Crippen molar-refractivity contribution in [1.29, 1.82) is 0 Å². The van der Waals surface area contributed by atoms with Crippen LogP contribution in [0, 0.1) is 11.6 Å². The van der Waals surface area contributed by atoms with E-state index in [1.54, 1.807) is 30.3 Å². The number of rotatable bonds is 10. The SMILES string of the molecule is C[Si](C)(C)CCOC(=O)NC(CCc1cc(F)c(C(F)(F)F)c(F)c1)C(=O)OCc1ccccc1. The van der Waals surface area contributed by atoms with Crippen LogP contribution in [0.1, 0.15) is 23.1 Å². The third-order valence-corrected chi connectivity index (χ3v) is 6.70. The Balaban J connectivity index is 2.09. The van der Waals surface area contributed by atoms with Crippen molar-refractivity contribution in [3.63, 3.8) is 0 Å². The number of ether oxygens (including phenoxy) is 2. The van der Waals surface area contributed by atoms with E-state index in [9.17, 15) is 31.5 Å². The molecule has 2 aromatic rings. The minimum Gasteiger partial charge on any atom is -0.459 e. The Morgan fingerprint density at radius 2 is 1.57 bits per heavy atom. The van der Waals surface area contributed by atoms with Crippen LogP contribution in [-0.2, 0) is 33.5 Å². The van der Waals surface area contributed by atoms with Crippen LogP contribution >= 0.6 is 0 Å². The fourth-order valence-electron chi connectivity index (χ4n) is 3.06. The molecule has 0 aliphatic rings. The molecule has 11 heteroatoms. The Morgan fingerprint density at radius 3 is 2.11 bits per heavy atom. The lowest BCUT2D eigenvalue weighted by atomic mass is 10.0. The number of carbonyl (C=O) groups excluding carboxylic acids is 2. The summed E-state index contributed by atoms with van der Waals surface area (Å²) in [7, 11) is -1.47. The zero-order chi connectivity index (χ0) is 26.2. The Morgan fingerprint density at radius 1 is 0.971 bits per heavy atom. The van der Waals surface area contributed by atoms with Gasteiger partial charge in [-0.05, 0) is 42.1 Å². The standard InChI is InChI=1S/C24H28F5NO4Si/c1-35(2,3)12-11-33-23(32)30-20(22(31)34-15-16-7-5-4-6-8-16)10-9-17-13-18(25)21(19(26)14-17)24(27,28)29/h4-8,13-14,20H,9-12,15H2,1-3H3,(H,30,32). The van der Waals surface area contributed by atoms with Crippen LogP contribution in [0.3, 0.4) is 0 Å². The van der Waals surface area contributed by atoms with Crippen molar-refractivity contribution < 1.29 is 41.0 Å². The third-order valence-electron chi connectivity index (χ3n) is 4.99. The number of nitrogens with one attached hydrogen (secondary N) is 1. The zero-order valence-corrected chi connectivity index (χ0v) is 20.7. The Kier molecular flexibility index (Phi) is 9.81. The van der Waals surface area contributed by atoms with Gasteiger partial charge in [-0.25, -0.2) is 18.4 Å². The van der Waals surface area contributed by atoms with Gasteiger partial charge in [0.2, 0.25) is 0 Å². The number of hydrogen-bond donors (Lipinski definition) is 1. The van der Waals surface area contributed by atoms with Gasteiger partial charge in [0.05, 0.1) is 6.61 Å². The fraction of sp³-hybridized carbons (Fsp3) is 0.417. The molecule has 2 rings (SSSR count). The van der Waals surface area contributed by atoms with Crippen molar-refractivity contribution in [2.45, 2.75) is 57.4 Å². The molecule has 0 aliphatic carbocycles. The number of hydrogen-bond acceptors (Lipinski definition) is 4. The topological polar surface area (TPSA) is 64.6 Å². The van der Waals surface area contributed by atoms with Gasteiger partial charge in [0.15, 0.2) is 0 Å². The molecule has 0 fully saturated rings. The summed E-state index contributed by atoms with van der Waals surface area (Å²) in [5, 5.41) is 2.39. The molecule has 0 bridgehead atoms. The number of benzene rings is 2. The van der Waals surface area contributed by atoms with E-state index in [-0.39, 0.29) is 31.6 Å². The molecule has 5 nitrogen and oxygen atoms in total.